The molecule has 0 radical (unpaired) electrons. The number of benzene rings is 1. The Balaban J connectivity index is 1.58. The molecule has 7 nitrogen and oxygen atoms in total. The normalized spacial score (nSPS) is 17.4. The van der Waals surface area contributed by atoms with Gasteiger partial charge in [-0.25, -0.2) is 9.67 Å². The average molecular weight is 343 g/mol. The molecule has 0 unspecified atom stereocenters. The van der Waals surface area contributed by atoms with Crippen molar-refractivity contribution in [1.82, 2.24) is 25.0 Å². The molecule has 134 valence electrons. The van der Waals surface area contributed by atoms with Crippen LogP contribution in [0.4, 0.5) is 0 Å². The summed E-state index contributed by atoms with van der Waals surface area (Å²) in [5.41, 5.74) is 2.50. The Hall–Kier alpha value is -2.25. The lowest BCUT2D eigenvalue weighted by molar-refractivity contribution is -0.0498. The fourth-order valence-corrected chi connectivity index (χ4v) is 3.09. The van der Waals surface area contributed by atoms with Crippen molar-refractivity contribution < 1.29 is 9.53 Å². The number of carbonyl (C=O) groups is 1. The fraction of sp³-hybridized carbons (Fsp3) is 0.500. The number of hydrogen-bond acceptors (Lipinski definition) is 5. The van der Waals surface area contributed by atoms with Gasteiger partial charge in [0.05, 0.1) is 18.9 Å². The maximum atomic E-state index is 12.5. The van der Waals surface area contributed by atoms with Crippen molar-refractivity contribution in [2.24, 2.45) is 0 Å². The minimum atomic E-state index is -0.0475. The van der Waals surface area contributed by atoms with E-state index in [4.69, 9.17) is 4.74 Å². The highest BCUT2D eigenvalue weighted by atomic mass is 16.5. The Morgan fingerprint density at radius 3 is 2.92 bits per heavy atom. The summed E-state index contributed by atoms with van der Waals surface area (Å²) in [5.74, 6) is -0.0475. The molecule has 1 N–H and O–H groups in total. The van der Waals surface area contributed by atoms with E-state index in [-0.39, 0.29) is 11.4 Å². The molecule has 1 aliphatic rings. The van der Waals surface area contributed by atoms with Crippen LogP contribution in [0.5, 0.6) is 0 Å². The van der Waals surface area contributed by atoms with Crippen LogP contribution in [0.3, 0.4) is 0 Å². The van der Waals surface area contributed by atoms with Gasteiger partial charge in [-0.1, -0.05) is 0 Å². The summed E-state index contributed by atoms with van der Waals surface area (Å²) in [6, 6.07) is 5.65. The molecular weight excluding hydrogens is 318 g/mol. The van der Waals surface area contributed by atoms with Crippen LogP contribution < -0.4 is 5.32 Å². The highest BCUT2D eigenvalue weighted by Gasteiger charge is 2.29. The first-order valence-electron chi connectivity index (χ1n) is 8.54. The minimum Gasteiger partial charge on any atom is -0.378 e. The third-order valence-electron chi connectivity index (χ3n) is 4.62. The molecule has 1 fully saturated rings. The summed E-state index contributed by atoms with van der Waals surface area (Å²) in [6.45, 7) is 10.1. The molecule has 0 aliphatic carbocycles. The highest BCUT2D eigenvalue weighted by Crippen LogP contribution is 2.18. The van der Waals surface area contributed by atoms with Crippen molar-refractivity contribution in [2.45, 2.75) is 26.3 Å². The van der Waals surface area contributed by atoms with Crippen molar-refractivity contribution in [2.75, 3.05) is 32.8 Å². The van der Waals surface area contributed by atoms with E-state index in [1.807, 2.05) is 25.1 Å². The van der Waals surface area contributed by atoms with Gasteiger partial charge in [-0.3, -0.25) is 9.69 Å². The zero-order valence-electron chi connectivity index (χ0n) is 15.0. The van der Waals surface area contributed by atoms with Gasteiger partial charge in [-0.2, -0.15) is 5.10 Å². The molecule has 1 amide bonds. The quantitative estimate of drug-likeness (QED) is 0.889. The smallest absolute Gasteiger partial charge is 0.251 e. The van der Waals surface area contributed by atoms with Gasteiger partial charge in [-0.15, -0.1) is 0 Å². The van der Waals surface area contributed by atoms with E-state index in [1.54, 1.807) is 11.0 Å². The fourth-order valence-electron chi connectivity index (χ4n) is 3.09. The molecule has 3 rings (SSSR count). The number of aromatic nitrogens is 3. The van der Waals surface area contributed by atoms with E-state index in [1.165, 1.54) is 6.33 Å². The molecule has 1 saturated heterocycles. The third-order valence-corrected chi connectivity index (χ3v) is 4.62. The van der Waals surface area contributed by atoms with Crippen LogP contribution in [0.2, 0.25) is 0 Å². The molecular formula is C18H25N5O2. The minimum absolute atomic E-state index is 0.0122. The molecule has 2 heterocycles. The van der Waals surface area contributed by atoms with Crippen LogP contribution >= 0.6 is 0 Å². The van der Waals surface area contributed by atoms with Gasteiger partial charge >= 0.3 is 0 Å². The number of carbonyl (C=O) groups excluding carboxylic acids is 1. The Morgan fingerprint density at radius 2 is 2.24 bits per heavy atom. The maximum absolute atomic E-state index is 12.5. The van der Waals surface area contributed by atoms with E-state index in [0.29, 0.717) is 12.1 Å². The molecule has 0 spiro atoms. The van der Waals surface area contributed by atoms with E-state index in [9.17, 15) is 4.79 Å². The Morgan fingerprint density at radius 1 is 1.40 bits per heavy atom. The van der Waals surface area contributed by atoms with Gasteiger partial charge in [-0.05, 0) is 44.5 Å². The molecule has 25 heavy (non-hydrogen) atoms. The Bertz CT molecular complexity index is 727. The van der Waals surface area contributed by atoms with Crippen LogP contribution in [-0.2, 0) is 4.74 Å². The number of nitrogens with one attached hydrogen (secondary N) is 1. The van der Waals surface area contributed by atoms with Crippen LogP contribution in [0.1, 0.15) is 29.8 Å². The lowest BCUT2D eigenvalue weighted by Crippen LogP contribution is -2.54. The number of nitrogens with zero attached hydrogens (tertiary/aromatic N) is 4. The van der Waals surface area contributed by atoms with Crippen LogP contribution in [0.15, 0.2) is 30.9 Å². The molecule has 0 bridgehead atoms. The zero-order valence-corrected chi connectivity index (χ0v) is 15.0. The van der Waals surface area contributed by atoms with Gasteiger partial charge in [0, 0.05) is 30.7 Å². The van der Waals surface area contributed by atoms with Gasteiger partial charge < -0.3 is 10.1 Å². The molecule has 1 aromatic carbocycles. The second kappa shape index (κ2) is 7.33. The van der Waals surface area contributed by atoms with Gasteiger partial charge in [0.1, 0.15) is 12.7 Å². The van der Waals surface area contributed by atoms with Crippen molar-refractivity contribution in [3.05, 3.63) is 42.0 Å². The summed E-state index contributed by atoms with van der Waals surface area (Å²) in [7, 11) is 0. The second-order valence-electron chi connectivity index (χ2n) is 6.95. The van der Waals surface area contributed by atoms with Gasteiger partial charge in [0.25, 0.3) is 5.91 Å². The second-order valence-corrected chi connectivity index (χ2v) is 6.95. The SMILES string of the molecule is Cc1cc(-n2cncn2)ccc1C(=O)NCCN1CCOCC1(C)C. The number of rotatable bonds is 5. The monoisotopic (exact) mass is 343 g/mol. The summed E-state index contributed by atoms with van der Waals surface area (Å²) < 4.78 is 7.20. The number of aryl methyl sites for hydroxylation is 1. The van der Waals surface area contributed by atoms with Crippen LogP contribution in [0, 0.1) is 6.92 Å². The first kappa shape index (κ1) is 17.6. The Kier molecular flexibility index (Phi) is 5.15. The van der Waals surface area contributed by atoms with Gasteiger partial charge in [0.2, 0.25) is 0 Å². The number of ether oxygens (including phenoxy) is 1. The molecule has 1 aromatic heterocycles. The van der Waals surface area contributed by atoms with Crippen molar-refractivity contribution in [3.8, 4) is 5.69 Å². The predicted molar refractivity (Wildman–Crippen MR) is 94.9 cm³/mol. The molecule has 0 saturated carbocycles. The summed E-state index contributed by atoms with van der Waals surface area (Å²) in [6.07, 6.45) is 3.13. The van der Waals surface area contributed by atoms with E-state index in [2.05, 4.69) is 34.1 Å². The largest absolute Gasteiger partial charge is 0.378 e. The highest BCUT2D eigenvalue weighted by molar-refractivity contribution is 5.95. The van der Waals surface area contributed by atoms with E-state index in [0.717, 1.165) is 37.6 Å². The van der Waals surface area contributed by atoms with E-state index < -0.39 is 0 Å². The van der Waals surface area contributed by atoms with Crippen molar-refractivity contribution in [1.29, 1.82) is 0 Å². The summed E-state index contributed by atoms with van der Waals surface area (Å²) in [5, 5.41) is 7.13. The predicted octanol–water partition coefficient (Wildman–Crippen LogP) is 1.42. The average Bonchev–Trinajstić information content (AvgIpc) is 3.10. The first-order valence-corrected chi connectivity index (χ1v) is 8.54. The Labute approximate surface area is 148 Å². The molecule has 0 atom stereocenters. The molecule has 2 aromatic rings. The van der Waals surface area contributed by atoms with Crippen molar-refractivity contribution >= 4 is 5.91 Å². The molecule has 1 aliphatic heterocycles. The number of morpholine rings is 1. The zero-order chi connectivity index (χ0) is 17.9. The summed E-state index contributed by atoms with van der Waals surface area (Å²) in [4.78, 5) is 18.8. The van der Waals surface area contributed by atoms with Crippen LogP contribution in [0.25, 0.3) is 5.69 Å². The topological polar surface area (TPSA) is 72.3 Å². The standard InChI is InChI=1S/C18H25N5O2/c1-14-10-15(23-13-19-12-21-23)4-5-16(14)17(24)20-6-7-22-8-9-25-11-18(22,2)3/h4-5,10,12-13H,6-9,11H2,1-3H3,(H,20,24). The molecule has 7 heteroatoms. The van der Waals surface area contributed by atoms with E-state index >= 15 is 0 Å². The maximum Gasteiger partial charge on any atom is 0.251 e. The van der Waals surface area contributed by atoms with Gasteiger partial charge in [0.15, 0.2) is 0 Å². The number of hydrogen-bond donors (Lipinski definition) is 1. The lowest BCUT2D eigenvalue weighted by atomic mass is 10.0. The third kappa shape index (κ3) is 4.05. The summed E-state index contributed by atoms with van der Waals surface area (Å²) >= 11 is 0. The lowest BCUT2D eigenvalue weighted by Gasteiger charge is -2.42. The first-order chi connectivity index (χ1) is 12.0. The number of amides is 1. The van der Waals surface area contributed by atoms with Crippen LogP contribution in [-0.4, -0.2) is 64.0 Å². The van der Waals surface area contributed by atoms with Crippen molar-refractivity contribution in [3.63, 3.8) is 0 Å².